The Labute approximate surface area is 143 Å². The Kier molecular flexibility index (Phi) is 4.72. The molecule has 0 atom stereocenters. The number of hydrogen-bond donors (Lipinski definition) is 2. The van der Waals surface area contributed by atoms with Crippen LogP contribution in [0.1, 0.15) is 11.1 Å². The number of nitrogens with zero attached hydrogens (tertiary/aromatic N) is 2. The van der Waals surface area contributed by atoms with Crippen molar-refractivity contribution in [3.8, 4) is 5.75 Å². The lowest BCUT2D eigenvalue weighted by atomic mass is 10.1. The third-order valence-corrected chi connectivity index (χ3v) is 3.74. The van der Waals surface area contributed by atoms with Gasteiger partial charge < -0.3 is 5.11 Å². The Morgan fingerprint density at radius 2 is 2.04 bits per heavy atom. The van der Waals surface area contributed by atoms with E-state index in [1.54, 1.807) is 24.4 Å². The fourth-order valence-corrected chi connectivity index (χ4v) is 2.53. The molecule has 2 aromatic carbocycles. The molecule has 0 aliphatic rings. The second-order valence-corrected chi connectivity index (χ2v) is 5.56. The molecule has 120 valence electrons. The number of phenols is 1. The number of nitrogens with one attached hydrogen (secondary N) is 1. The molecule has 0 unspecified atom stereocenters. The van der Waals surface area contributed by atoms with E-state index in [2.05, 4.69) is 15.5 Å². The summed E-state index contributed by atoms with van der Waals surface area (Å²) in [7, 11) is 0. The molecule has 24 heavy (non-hydrogen) atoms. The minimum Gasteiger partial charge on any atom is -0.504 e. The fraction of sp³-hybridized carbons (Fsp3) is 0.0556. The number of aromatic nitrogens is 1. The molecular formula is C18H14ClN3O2. The Morgan fingerprint density at radius 1 is 1.25 bits per heavy atom. The first kappa shape index (κ1) is 16.0. The van der Waals surface area contributed by atoms with Crippen LogP contribution in [0.5, 0.6) is 5.75 Å². The van der Waals surface area contributed by atoms with Crippen molar-refractivity contribution < 1.29 is 9.90 Å². The Bertz CT molecular complexity index is 911. The summed E-state index contributed by atoms with van der Waals surface area (Å²) in [6.45, 7) is 0. The van der Waals surface area contributed by atoms with Crippen molar-refractivity contribution >= 4 is 34.6 Å². The zero-order chi connectivity index (χ0) is 16.9. The molecule has 5 nitrogen and oxygen atoms in total. The predicted molar refractivity (Wildman–Crippen MR) is 94.3 cm³/mol. The van der Waals surface area contributed by atoms with Gasteiger partial charge >= 0.3 is 0 Å². The number of amides is 1. The largest absolute Gasteiger partial charge is 0.504 e. The summed E-state index contributed by atoms with van der Waals surface area (Å²) >= 11 is 6.00. The molecule has 0 fully saturated rings. The lowest BCUT2D eigenvalue weighted by Crippen LogP contribution is -2.19. The quantitative estimate of drug-likeness (QED) is 0.566. The van der Waals surface area contributed by atoms with E-state index in [4.69, 9.17) is 11.6 Å². The molecule has 1 aromatic heterocycles. The molecule has 1 amide bonds. The number of carbonyl (C=O) groups is 1. The number of pyridine rings is 1. The molecular weight excluding hydrogens is 326 g/mol. The number of aromatic hydroxyl groups is 1. The van der Waals surface area contributed by atoms with Crippen LogP contribution < -0.4 is 5.43 Å². The van der Waals surface area contributed by atoms with Crippen LogP contribution in [0.25, 0.3) is 10.9 Å². The van der Waals surface area contributed by atoms with E-state index >= 15 is 0 Å². The van der Waals surface area contributed by atoms with Gasteiger partial charge in [-0.15, -0.1) is 0 Å². The molecule has 0 radical (unpaired) electrons. The third kappa shape index (κ3) is 3.52. The van der Waals surface area contributed by atoms with Gasteiger partial charge in [0.15, 0.2) is 5.75 Å². The number of hydrogen-bond acceptors (Lipinski definition) is 4. The summed E-state index contributed by atoms with van der Waals surface area (Å²) in [4.78, 5) is 16.0. The number of benzene rings is 2. The van der Waals surface area contributed by atoms with Crippen molar-refractivity contribution in [2.75, 3.05) is 0 Å². The fourth-order valence-electron chi connectivity index (χ4n) is 2.32. The van der Waals surface area contributed by atoms with Gasteiger partial charge in [0, 0.05) is 17.1 Å². The molecule has 6 heteroatoms. The Hall–Kier alpha value is -2.92. The van der Waals surface area contributed by atoms with Crippen molar-refractivity contribution in [1.29, 1.82) is 0 Å². The van der Waals surface area contributed by atoms with Crippen LogP contribution in [0.15, 0.2) is 59.8 Å². The van der Waals surface area contributed by atoms with Gasteiger partial charge in [-0.2, -0.15) is 5.10 Å². The van der Waals surface area contributed by atoms with E-state index in [1.807, 2.05) is 30.3 Å². The normalized spacial score (nSPS) is 11.0. The van der Waals surface area contributed by atoms with Crippen molar-refractivity contribution in [3.63, 3.8) is 0 Å². The first-order valence-corrected chi connectivity index (χ1v) is 7.65. The Balaban J connectivity index is 1.76. The zero-order valence-corrected chi connectivity index (χ0v) is 13.4. The average Bonchev–Trinajstić information content (AvgIpc) is 2.60. The van der Waals surface area contributed by atoms with E-state index in [1.165, 1.54) is 6.21 Å². The van der Waals surface area contributed by atoms with Crippen LogP contribution in [0.3, 0.4) is 0 Å². The summed E-state index contributed by atoms with van der Waals surface area (Å²) in [6, 6.07) is 14.5. The van der Waals surface area contributed by atoms with E-state index in [-0.39, 0.29) is 23.1 Å². The van der Waals surface area contributed by atoms with Crippen LogP contribution >= 0.6 is 11.6 Å². The van der Waals surface area contributed by atoms with Gasteiger partial charge in [0.25, 0.3) is 0 Å². The number of carbonyl (C=O) groups excluding carboxylic acids is 1. The summed E-state index contributed by atoms with van der Waals surface area (Å²) in [5, 5.41) is 14.8. The lowest BCUT2D eigenvalue weighted by molar-refractivity contribution is -0.120. The maximum absolute atomic E-state index is 11.9. The lowest BCUT2D eigenvalue weighted by Gasteiger charge is -2.05. The first-order chi connectivity index (χ1) is 11.6. The zero-order valence-electron chi connectivity index (χ0n) is 12.6. The van der Waals surface area contributed by atoms with Crippen molar-refractivity contribution in [2.24, 2.45) is 5.10 Å². The van der Waals surface area contributed by atoms with E-state index in [0.29, 0.717) is 16.5 Å². The van der Waals surface area contributed by atoms with Gasteiger partial charge in [-0.25, -0.2) is 5.43 Å². The monoisotopic (exact) mass is 339 g/mol. The molecule has 3 rings (SSSR count). The molecule has 0 spiro atoms. The predicted octanol–water partition coefficient (Wildman–Crippen LogP) is 3.29. The third-order valence-electron chi connectivity index (χ3n) is 3.45. The topological polar surface area (TPSA) is 74.6 Å². The van der Waals surface area contributed by atoms with Crippen molar-refractivity contribution in [2.45, 2.75) is 6.42 Å². The molecule has 3 aromatic rings. The molecule has 0 saturated carbocycles. The highest BCUT2D eigenvalue weighted by atomic mass is 35.5. The highest BCUT2D eigenvalue weighted by molar-refractivity contribution is 6.33. The maximum atomic E-state index is 11.9. The number of fused-ring (bicyclic) bond motifs is 1. The van der Waals surface area contributed by atoms with Gasteiger partial charge in [0.1, 0.15) is 5.52 Å². The smallest absolute Gasteiger partial charge is 0.244 e. The summed E-state index contributed by atoms with van der Waals surface area (Å²) in [5.74, 6) is -0.290. The maximum Gasteiger partial charge on any atom is 0.244 e. The molecule has 1 heterocycles. The van der Waals surface area contributed by atoms with Gasteiger partial charge in [-0.05, 0) is 17.7 Å². The number of phenolic OH excluding ortho intramolecular Hbond substituents is 1. The minimum absolute atomic E-state index is 0.0717. The van der Waals surface area contributed by atoms with Crippen LogP contribution in [-0.2, 0) is 11.2 Å². The second kappa shape index (κ2) is 7.10. The molecule has 0 bridgehead atoms. The summed E-state index contributed by atoms with van der Waals surface area (Å²) in [5.41, 5.74) is 4.44. The van der Waals surface area contributed by atoms with Gasteiger partial charge in [-0.3, -0.25) is 9.78 Å². The number of halogens is 1. The van der Waals surface area contributed by atoms with Crippen molar-refractivity contribution in [1.82, 2.24) is 10.4 Å². The SMILES string of the molecule is O=C(Cc1ccccc1)N/N=C\c1cc(Cl)c(O)c2ncccc12. The van der Waals surface area contributed by atoms with Crippen molar-refractivity contribution in [3.05, 3.63) is 70.9 Å². The molecule has 2 N–H and O–H groups in total. The highest BCUT2D eigenvalue weighted by Crippen LogP contribution is 2.32. The first-order valence-electron chi connectivity index (χ1n) is 7.27. The standard InChI is InChI=1S/C18H14ClN3O2/c19-15-10-13(14-7-4-8-20-17(14)18(15)24)11-21-22-16(23)9-12-5-2-1-3-6-12/h1-8,10-11,24H,9H2,(H,22,23)/b21-11-. The van der Waals surface area contributed by atoms with Crippen LogP contribution in [0.4, 0.5) is 0 Å². The highest BCUT2D eigenvalue weighted by Gasteiger charge is 2.10. The van der Waals surface area contributed by atoms with E-state index in [9.17, 15) is 9.90 Å². The number of hydrazone groups is 1. The van der Waals surface area contributed by atoms with Gasteiger partial charge in [0.05, 0.1) is 17.7 Å². The molecule has 0 aliphatic heterocycles. The summed E-state index contributed by atoms with van der Waals surface area (Å²) in [6.07, 6.45) is 3.30. The number of rotatable bonds is 4. The second-order valence-electron chi connectivity index (χ2n) is 5.15. The van der Waals surface area contributed by atoms with Crippen LogP contribution in [-0.4, -0.2) is 22.2 Å². The van der Waals surface area contributed by atoms with E-state index < -0.39 is 0 Å². The van der Waals surface area contributed by atoms with Crippen LogP contribution in [0.2, 0.25) is 5.02 Å². The Morgan fingerprint density at radius 3 is 2.83 bits per heavy atom. The average molecular weight is 340 g/mol. The van der Waals surface area contributed by atoms with Crippen LogP contribution in [0, 0.1) is 0 Å². The molecule has 0 saturated heterocycles. The summed E-state index contributed by atoms with van der Waals surface area (Å²) < 4.78 is 0. The van der Waals surface area contributed by atoms with Gasteiger partial charge in [-0.1, -0.05) is 48.0 Å². The van der Waals surface area contributed by atoms with Gasteiger partial charge in [0.2, 0.25) is 5.91 Å². The minimum atomic E-state index is -0.218. The molecule has 0 aliphatic carbocycles. The van der Waals surface area contributed by atoms with E-state index in [0.717, 1.165) is 5.56 Å².